The van der Waals surface area contributed by atoms with Gasteiger partial charge in [0.05, 0.1) is 12.2 Å². The highest BCUT2D eigenvalue weighted by Gasteiger charge is 2.41. The van der Waals surface area contributed by atoms with E-state index in [1.54, 1.807) is 11.0 Å². The molecule has 1 saturated heterocycles. The van der Waals surface area contributed by atoms with E-state index >= 15 is 0 Å². The van der Waals surface area contributed by atoms with E-state index < -0.39 is 11.5 Å². The summed E-state index contributed by atoms with van der Waals surface area (Å²) in [5, 5.41) is 11.8. The van der Waals surface area contributed by atoms with Crippen LogP contribution in [-0.4, -0.2) is 47.1 Å². The molecule has 0 saturated carbocycles. The third-order valence-electron chi connectivity index (χ3n) is 3.32. The number of carboxylic acids is 1. The Kier molecular flexibility index (Phi) is 4.42. The van der Waals surface area contributed by atoms with Crippen LogP contribution in [0.25, 0.3) is 0 Å². The number of nitrogens with one attached hydrogen (secondary N) is 1. The minimum atomic E-state index is -1.24. The number of amides is 1. The van der Waals surface area contributed by atoms with E-state index in [-0.39, 0.29) is 19.0 Å². The van der Waals surface area contributed by atoms with Crippen molar-refractivity contribution in [3.63, 3.8) is 0 Å². The first-order valence-corrected chi connectivity index (χ1v) is 6.99. The molecule has 1 aromatic carbocycles. The molecule has 1 unspecified atom stereocenters. The summed E-state index contributed by atoms with van der Waals surface area (Å²) in [5.74, 6) is -1.21. The van der Waals surface area contributed by atoms with Crippen LogP contribution in [0, 0.1) is 0 Å². The standard InChI is InChI=1S/C13H16BrN3O3/c14-9-3-1-2-4-10(9)16-11(18)7-17-6-5-13(15,8-17)12(19)20/h1-4H,5-8,15H2,(H,16,18)(H,19,20). The first-order chi connectivity index (χ1) is 9.40. The first-order valence-electron chi connectivity index (χ1n) is 6.20. The Labute approximate surface area is 125 Å². The topological polar surface area (TPSA) is 95.7 Å². The van der Waals surface area contributed by atoms with Crippen LogP contribution in [0.5, 0.6) is 0 Å². The Hall–Kier alpha value is -1.44. The lowest BCUT2D eigenvalue weighted by Gasteiger charge is -2.19. The second-order valence-corrected chi connectivity index (χ2v) is 5.80. The lowest BCUT2D eigenvalue weighted by molar-refractivity contribution is -0.143. The molecule has 0 spiro atoms. The number of para-hydroxylation sites is 1. The average molecular weight is 342 g/mol. The van der Waals surface area contributed by atoms with Gasteiger partial charge in [0.2, 0.25) is 5.91 Å². The van der Waals surface area contributed by atoms with Crippen LogP contribution >= 0.6 is 15.9 Å². The predicted octanol–water partition coefficient (Wildman–Crippen LogP) is 0.875. The molecule has 20 heavy (non-hydrogen) atoms. The Morgan fingerprint density at radius 1 is 1.45 bits per heavy atom. The third-order valence-corrected chi connectivity index (χ3v) is 4.01. The van der Waals surface area contributed by atoms with Gasteiger partial charge in [-0.3, -0.25) is 14.5 Å². The fourth-order valence-corrected chi connectivity index (χ4v) is 2.56. The summed E-state index contributed by atoms with van der Waals surface area (Å²) in [6.45, 7) is 0.825. The van der Waals surface area contributed by atoms with Crippen molar-refractivity contribution in [1.82, 2.24) is 4.90 Å². The number of aliphatic carboxylic acids is 1. The molecule has 1 aliphatic heterocycles. The van der Waals surface area contributed by atoms with Crippen molar-refractivity contribution in [3.05, 3.63) is 28.7 Å². The van der Waals surface area contributed by atoms with Crippen molar-refractivity contribution >= 4 is 33.5 Å². The quantitative estimate of drug-likeness (QED) is 0.755. The fourth-order valence-electron chi connectivity index (χ4n) is 2.18. The minimum Gasteiger partial charge on any atom is -0.480 e. The van der Waals surface area contributed by atoms with Crippen molar-refractivity contribution in [3.8, 4) is 0 Å². The summed E-state index contributed by atoms with van der Waals surface area (Å²) in [4.78, 5) is 24.7. The molecular formula is C13H16BrN3O3. The number of likely N-dealkylation sites (tertiary alicyclic amines) is 1. The zero-order chi connectivity index (χ0) is 14.8. The number of halogens is 1. The maximum absolute atomic E-state index is 11.9. The van der Waals surface area contributed by atoms with Gasteiger partial charge in [0.25, 0.3) is 0 Å². The van der Waals surface area contributed by atoms with Crippen LogP contribution in [0.2, 0.25) is 0 Å². The van der Waals surface area contributed by atoms with E-state index in [1.807, 2.05) is 18.2 Å². The summed E-state index contributed by atoms with van der Waals surface area (Å²) in [6, 6.07) is 7.30. The van der Waals surface area contributed by atoms with Crippen LogP contribution in [0.4, 0.5) is 5.69 Å². The van der Waals surface area contributed by atoms with E-state index in [0.29, 0.717) is 18.7 Å². The molecule has 0 bridgehead atoms. The molecule has 1 amide bonds. The molecule has 1 heterocycles. The van der Waals surface area contributed by atoms with Crippen molar-refractivity contribution < 1.29 is 14.7 Å². The van der Waals surface area contributed by atoms with E-state index in [4.69, 9.17) is 10.8 Å². The van der Waals surface area contributed by atoms with Gasteiger partial charge in [-0.25, -0.2) is 0 Å². The van der Waals surface area contributed by atoms with Gasteiger partial charge in [0.15, 0.2) is 0 Å². The Balaban J connectivity index is 1.91. The van der Waals surface area contributed by atoms with Gasteiger partial charge in [0, 0.05) is 17.6 Å². The van der Waals surface area contributed by atoms with Crippen LogP contribution in [0.3, 0.4) is 0 Å². The summed E-state index contributed by atoms with van der Waals surface area (Å²) in [7, 11) is 0. The highest BCUT2D eigenvalue weighted by Crippen LogP contribution is 2.22. The fraction of sp³-hybridized carbons (Fsp3) is 0.385. The van der Waals surface area contributed by atoms with Crippen LogP contribution in [0.1, 0.15) is 6.42 Å². The van der Waals surface area contributed by atoms with Crippen LogP contribution < -0.4 is 11.1 Å². The van der Waals surface area contributed by atoms with Crippen molar-refractivity contribution in [1.29, 1.82) is 0 Å². The van der Waals surface area contributed by atoms with Gasteiger partial charge in [-0.05, 0) is 34.5 Å². The number of hydrogen-bond donors (Lipinski definition) is 3. The van der Waals surface area contributed by atoms with Gasteiger partial charge >= 0.3 is 5.97 Å². The average Bonchev–Trinajstić information content (AvgIpc) is 2.75. The molecule has 1 atom stereocenters. The number of nitrogens with zero attached hydrogens (tertiary/aromatic N) is 1. The second kappa shape index (κ2) is 5.90. The molecular weight excluding hydrogens is 326 g/mol. The normalized spacial score (nSPS) is 22.7. The number of carbonyl (C=O) groups excluding carboxylic acids is 1. The third kappa shape index (κ3) is 3.36. The largest absolute Gasteiger partial charge is 0.480 e. The molecule has 0 radical (unpaired) electrons. The molecule has 2 rings (SSSR count). The summed E-state index contributed by atoms with van der Waals surface area (Å²) >= 11 is 3.35. The zero-order valence-corrected chi connectivity index (χ0v) is 12.4. The first kappa shape index (κ1) is 15.0. The molecule has 7 heteroatoms. The van der Waals surface area contributed by atoms with Crippen LogP contribution in [-0.2, 0) is 9.59 Å². The monoisotopic (exact) mass is 341 g/mol. The van der Waals surface area contributed by atoms with Gasteiger partial charge < -0.3 is 16.2 Å². The lowest BCUT2D eigenvalue weighted by atomic mass is 10.0. The highest BCUT2D eigenvalue weighted by molar-refractivity contribution is 9.10. The van der Waals surface area contributed by atoms with Gasteiger partial charge in [-0.2, -0.15) is 0 Å². The zero-order valence-electron chi connectivity index (χ0n) is 10.8. The maximum Gasteiger partial charge on any atom is 0.325 e. The number of anilines is 1. The SMILES string of the molecule is NC1(C(=O)O)CCN(CC(=O)Nc2ccccc2Br)C1. The Morgan fingerprint density at radius 2 is 2.15 bits per heavy atom. The van der Waals surface area contributed by atoms with Crippen molar-refractivity contribution in [2.45, 2.75) is 12.0 Å². The summed E-state index contributed by atoms with van der Waals surface area (Å²) in [5.41, 5.74) is 5.21. The smallest absolute Gasteiger partial charge is 0.325 e. The second-order valence-electron chi connectivity index (χ2n) is 4.95. The number of hydrogen-bond acceptors (Lipinski definition) is 4. The van der Waals surface area contributed by atoms with Gasteiger partial charge in [0.1, 0.15) is 5.54 Å². The van der Waals surface area contributed by atoms with Crippen LogP contribution in [0.15, 0.2) is 28.7 Å². The summed E-state index contributed by atoms with van der Waals surface area (Å²) in [6.07, 6.45) is 0.352. The molecule has 6 nitrogen and oxygen atoms in total. The summed E-state index contributed by atoms with van der Waals surface area (Å²) < 4.78 is 0.800. The van der Waals surface area contributed by atoms with Gasteiger partial charge in [-0.1, -0.05) is 12.1 Å². The van der Waals surface area contributed by atoms with E-state index in [0.717, 1.165) is 4.47 Å². The molecule has 1 aromatic rings. The molecule has 1 aliphatic rings. The van der Waals surface area contributed by atoms with Crippen molar-refractivity contribution in [2.24, 2.45) is 5.73 Å². The van der Waals surface area contributed by atoms with E-state index in [9.17, 15) is 9.59 Å². The lowest BCUT2D eigenvalue weighted by Crippen LogP contribution is -2.50. The number of rotatable bonds is 4. The number of nitrogens with two attached hydrogens (primary N) is 1. The van der Waals surface area contributed by atoms with Gasteiger partial charge in [-0.15, -0.1) is 0 Å². The number of benzene rings is 1. The maximum atomic E-state index is 11.9. The Bertz CT molecular complexity index is 537. The molecule has 0 aliphatic carbocycles. The number of carbonyl (C=O) groups is 2. The van der Waals surface area contributed by atoms with E-state index in [2.05, 4.69) is 21.2 Å². The molecule has 0 aromatic heterocycles. The number of carboxylic acid groups (broad SMARTS) is 1. The van der Waals surface area contributed by atoms with Crippen molar-refractivity contribution in [2.75, 3.05) is 25.0 Å². The Morgan fingerprint density at radius 3 is 2.75 bits per heavy atom. The molecule has 1 fully saturated rings. The highest BCUT2D eigenvalue weighted by atomic mass is 79.9. The molecule has 108 valence electrons. The predicted molar refractivity (Wildman–Crippen MR) is 78.4 cm³/mol. The van der Waals surface area contributed by atoms with E-state index in [1.165, 1.54) is 0 Å². The minimum absolute atomic E-state index is 0.133. The molecule has 4 N–H and O–H groups in total.